The molecule has 0 heterocycles. The zero-order chi connectivity index (χ0) is 13.8. The van der Waals surface area contributed by atoms with Gasteiger partial charge in [0.05, 0.1) is 0 Å². The Labute approximate surface area is 115 Å². The maximum Gasteiger partial charge on any atom is 0.126 e. The second-order valence-electron chi connectivity index (χ2n) is 4.86. The fourth-order valence-electron chi connectivity index (χ4n) is 2.60. The van der Waals surface area contributed by atoms with Gasteiger partial charge in [-0.1, -0.05) is 57.2 Å². The minimum atomic E-state index is 0.454. The number of rotatable bonds is 4. The molecule has 0 saturated carbocycles. The first kappa shape index (κ1) is 13.7. The number of phenolic OH excluding ortho intramolecular Hbond substituents is 1. The molecule has 0 aliphatic heterocycles. The Hall–Kier alpha value is -1.76. The van der Waals surface area contributed by atoms with Gasteiger partial charge in [-0.2, -0.15) is 0 Å². The van der Waals surface area contributed by atoms with Crippen LogP contribution in [-0.4, -0.2) is 5.11 Å². The molecule has 2 aromatic carbocycles. The van der Waals surface area contributed by atoms with Gasteiger partial charge >= 0.3 is 0 Å². The zero-order valence-corrected chi connectivity index (χ0v) is 12.0. The monoisotopic (exact) mass is 254 g/mol. The molecule has 2 rings (SSSR count). The van der Waals surface area contributed by atoms with Crippen molar-refractivity contribution in [3.8, 4) is 16.9 Å². The lowest BCUT2D eigenvalue weighted by molar-refractivity contribution is 0.470. The molecule has 1 nitrogen and oxygen atoms in total. The Kier molecular flexibility index (Phi) is 4.26. The summed E-state index contributed by atoms with van der Waals surface area (Å²) in [6.45, 7) is 6.38. The zero-order valence-electron chi connectivity index (χ0n) is 12.0. The van der Waals surface area contributed by atoms with E-state index < -0.39 is 0 Å². The topological polar surface area (TPSA) is 20.2 Å². The van der Waals surface area contributed by atoms with Gasteiger partial charge in [-0.3, -0.25) is 0 Å². The predicted octanol–water partition coefficient (Wildman–Crippen LogP) is 4.75. The molecule has 2 aromatic rings. The second-order valence-corrected chi connectivity index (χ2v) is 4.86. The van der Waals surface area contributed by atoms with Crippen molar-refractivity contribution in [2.24, 2.45) is 0 Å². The maximum atomic E-state index is 10.5. The average Bonchev–Trinajstić information content (AvgIpc) is 2.46. The molecule has 0 atom stereocenters. The molecule has 0 spiro atoms. The van der Waals surface area contributed by atoms with Crippen LogP contribution in [0.3, 0.4) is 0 Å². The van der Waals surface area contributed by atoms with Crippen LogP contribution in [0.4, 0.5) is 0 Å². The third-order valence-corrected chi connectivity index (χ3v) is 3.76. The van der Waals surface area contributed by atoms with Crippen LogP contribution >= 0.6 is 0 Å². The first-order valence-electron chi connectivity index (χ1n) is 7.14. The summed E-state index contributed by atoms with van der Waals surface area (Å²) in [4.78, 5) is 0. The number of aryl methyl sites for hydroxylation is 2. The molecule has 0 saturated heterocycles. The van der Waals surface area contributed by atoms with E-state index in [1.165, 1.54) is 11.1 Å². The normalized spacial score (nSPS) is 10.7. The van der Waals surface area contributed by atoms with Gasteiger partial charge in [0, 0.05) is 5.56 Å². The van der Waals surface area contributed by atoms with E-state index >= 15 is 0 Å². The van der Waals surface area contributed by atoms with Crippen molar-refractivity contribution < 1.29 is 5.11 Å². The Bertz CT molecular complexity index is 570. The molecule has 0 aliphatic rings. The molecule has 1 N–H and O–H groups in total. The number of benzene rings is 2. The first-order chi connectivity index (χ1) is 9.21. The largest absolute Gasteiger partial charge is 0.507 e. The van der Waals surface area contributed by atoms with Gasteiger partial charge in [0.2, 0.25) is 0 Å². The molecule has 19 heavy (non-hydrogen) atoms. The van der Waals surface area contributed by atoms with Gasteiger partial charge < -0.3 is 5.11 Å². The molecule has 0 unspecified atom stereocenters. The third-order valence-electron chi connectivity index (χ3n) is 3.76. The molecule has 1 heteroatoms. The van der Waals surface area contributed by atoms with E-state index in [2.05, 4.69) is 51.1 Å². The predicted molar refractivity (Wildman–Crippen MR) is 81.7 cm³/mol. The lowest BCUT2D eigenvalue weighted by Gasteiger charge is -2.13. The van der Waals surface area contributed by atoms with Gasteiger partial charge in [-0.25, -0.2) is 0 Å². The molecule has 100 valence electrons. The number of hydrogen-bond acceptors (Lipinski definition) is 1. The molecular formula is C18H22O. The summed E-state index contributed by atoms with van der Waals surface area (Å²) in [5.41, 5.74) is 5.69. The van der Waals surface area contributed by atoms with Crippen LogP contribution in [-0.2, 0) is 19.3 Å². The molecule has 0 aliphatic carbocycles. The van der Waals surface area contributed by atoms with E-state index in [-0.39, 0.29) is 0 Å². The smallest absolute Gasteiger partial charge is 0.126 e. The van der Waals surface area contributed by atoms with E-state index in [1.807, 2.05) is 6.07 Å². The van der Waals surface area contributed by atoms with Crippen molar-refractivity contribution >= 4 is 0 Å². The summed E-state index contributed by atoms with van der Waals surface area (Å²) in [7, 11) is 0. The summed E-state index contributed by atoms with van der Waals surface area (Å²) in [6.07, 6.45) is 2.85. The van der Waals surface area contributed by atoms with Gasteiger partial charge in [0.15, 0.2) is 0 Å². The number of aromatic hydroxyl groups is 1. The van der Waals surface area contributed by atoms with Crippen molar-refractivity contribution in [3.05, 3.63) is 53.1 Å². The summed E-state index contributed by atoms with van der Waals surface area (Å²) in [6, 6.07) is 12.6. The van der Waals surface area contributed by atoms with Gasteiger partial charge in [-0.05, 0) is 41.5 Å². The van der Waals surface area contributed by atoms with Crippen LogP contribution in [0.5, 0.6) is 5.75 Å². The van der Waals surface area contributed by atoms with Crippen molar-refractivity contribution in [1.82, 2.24) is 0 Å². The highest BCUT2D eigenvalue weighted by molar-refractivity contribution is 5.73. The molecule has 0 bridgehead atoms. The average molecular weight is 254 g/mol. The minimum Gasteiger partial charge on any atom is -0.507 e. The van der Waals surface area contributed by atoms with E-state index in [1.54, 1.807) is 0 Å². The second kappa shape index (κ2) is 5.92. The first-order valence-corrected chi connectivity index (χ1v) is 7.14. The molecule has 0 fully saturated rings. The molecular weight excluding hydrogens is 232 g/mol. The fourth-order valence-corrected chi connectivity index (χ4v) is 2.60. The summed E-state index contributed by atoms with van der Waals surface area (Å²) in [5, 5.41) is 10.5. The minimum absolute atomic E-state index is 0.454. The van der Waals surface area contributed by atoms with Crippen molar-refractivity contribution in [1.29, 1.82) is 0 Å². The van der Waals surface area contributed by atoms with Crippen molar-refractivity contribution in [2.45, 2.75) is 40.0 Å². The molecule has 0 amide bonds. The quantitative estimate of drug-likeness (QED) is 0.835. The van der Waals surface area contributed by atoms with E-state index in [4.69, 9.17) is 0 Å². The Morgan fingerprint density at radius 2 is 1.68 bits per heavy atom. The van der Waals surface area contributed by atoms with E-state index in [9.17, 15) is 5.11 Å². The van der Waals surface area contributed by atoms with Crippen LogP contribution in [0, 0.1) is 0 Å². The highest BCUT2D eigenvalue weighted by Gasteiger charge is 2.11. The third kappa shape index (κ3) is 2.65. The number of hydrogen-bond donors (Lipinski definition) is 1. The Morgan fingerprint density at radius 1 is 0.895 bits per heavy atom. The van der Waals surface area contributed by atoms with Crippen molar-refractivity contribution in [3.63, 3.8) is 0 Å². The lowest BCUT2D eigenvalue weighted by atomic mass is 9.94. The fraction of sp³-hybridized carbons (Fsp3) is 0.333. The molecule has 0 radical (unpaired) electrons. The Balaban J connectivity index is 2.56. The van der Waals surface area contributed by atoms with Crippen LogP contribution in [0.15, 0.2) is 36.4 Å². The SMILES string of the molecule is CCc1cccc(-c2ccc(CC)c(CC)c2O)c1. The Morgan fingerprint density at radius 3 is 2.32 bits per heavy atom. The van der Waals surface area contributed by atoms with E-state index in [0.717, 1.165) is 36.0 Å². The summed E-state index contributed by atoms with van der Waals surface area (Å²) < 4.78 is 0. The van der Waals surface area contributed by atoms with Gasteiger partial charge in [0.1, 0.15) is 5.75 Å². The van der Waals surface area contributed by atoms with Crippen LogP contribution in [0.1, 0.15) is 37.5 Å². The number of phenols is 1. The van der Waals surface area contributed by atoms with E-state index in [0.29, 0.717) is 5.75 Å². The maximum absolute atomic E-state index is 10.5. The van der Waals surface area contributed by atoms with Crippen LogP contribution < -0.4 is 0 Å². The standard InChI is InChI=1S/C18H22O/c1-4-13-8-7-9-15(12-13)17-11-10-14(5-2)16(6-3)18(17)19/h7-12,19H,4-6H2,1-3H3. The van der Waals surface area contributed by atoms with Gasteiger partial charge in [-0.15, -0.1) is 0 Å². The van der Waals surface area contributed by atoms with Crippen LogP contribution in [0.2, 0.25) is 0 Å². The highest BCUT2D eigenvalue weighted by atomic mass is 16.3. The lowest BCUT2D eigenvalue weighted by Crippen LogP contribution is -1.94. The van der Waals surface area contributed by atoms with Crippen molar-refractivity contribution in [2.75, 3.05) is 0 Å². The summed E-state index contributed by atoms with van der Waals surface area (Å²) in [5.74, 6) is 0.454. The van der Waals surface area contributed by atoms with Gasteiger partial charge in [0.25, 0.3) is 0 Å². The highest BCUT2D eigenvalue weighted by Crippen LogP contribution is 2.35. The van der Waals surface area contributed by atoms with Crippen LogP contribution in [0.25, 0.3) is 11.1 Å². The molecule has 0 aromatic heterocycles. The summed E-state index contributed by atoms with van der Waals surface area (Å²) >= 11 is 0.